The van der Waals surface area contributed by atoms with Crippen molar-refractivity contribution in [3.63, 3.8) is 0 Å². The number of fused-ring (bicyclic) bond motifs is 1. The Morgan fingerprint density at radius 3 is 2.51 bits per heavy atom. The molecular weight excluding hydrogens is 440 g/mol. The van der Waals surface area contributed by atoms with Crippen LogP contribution in [-0.4, -0.2) is 36.0 Å². The summed E-state index contributed by atoms with van der Waals surface area (Å²) in [6.07, 6.45) is 3.79. The Hall–Kier alpha value is -3.91. The molecular formula is C27H28N6O2. The topological polar surface area (TPSA) is 97.0 Å². The van der Waals surface area contributed by atoms with Gasteiger partial charge < -0.3 is 5.11 Å². The molecule has 0 bridgehead atoms. The second-order valence-corrected chi connectivity index (χ2v) is 9.71. The summed E-state index contributed by atoms with van der Waals surface area (Å²) < 4.78 is 1.62. The van der Waals surface area contributed by atoms with Crippen molar-refractivity contribution in [2.24, 2.45) is 0 Å². The van der Waals surface area contributed by atoms with Gasteiger partial charge in [-0.3, -0.25) is 9.69 Å². The monoisotopic (exact) mass is 468 g/mol. The van der Waals surface area contributed by atoms with Gasteiger partial charge in [0.25, 0.3) is 0 Å². The van der Waals surface area contributed by atoms with E-state index in [4.69, 9.17) is 4.98 Å². The van der Waals surface area contributed by atoms with E-state index < -0.39 is 5.60 Å². The van der Waals surface area contributed by atoms with Gasteiger partial charge in [0.1, 0.15) is 17.1 Å². The van der Waals surface area contributed by atoms with Crippen LogP contribution in [0.5, 0.6) is 0 Å². The number of benzene rings is 2. The summed E-state index contributed by atoms with van der Waals surface area (Å²) in [6, 6.07) is 15.9. The molecule has 8 nitrogen and oxygen atoms in total. The maximum Gasteiger partial charge on any atom is 0.233 e. The molecule has 0 saturated carbocycles. The molecule has 0 atom stereocenters. The molecule has 0 fully saturated rings. The number of hydrogen-bond donors (Lipinski definition) is 1. The Bertz CT molecular complexity index is 1390. The van der Waals surface area contributed by atoms with Crippen molar-refractivity contribution in [2.45, 2.75) is 52.2 Å². The maximum absolute atomic E-state index is 12.9. The minimum atomic E-state index is -1.06. The maximum atomic E-state index is 12.9. The number of carbonyl (C=O) groups excluding carboxylic acids is 1. The van der Waals surface area contributed by atoms with Gasteiger partial charge in [-0.25, -0.2) is 14.6 Å². The largest absolute Gasteiger partial charge is 0.384 e. The van der Waals surface area contributed by atoms with Crippen molar-refractivity contribution in [1.29, 1.82) is 0 Å². The lowest BCUT2D eigenvalue weighted by Crippen LogP contribution is -2.26. The number of carbonyl (C=O) groups is 1. The van der Waals surface area contributed by atoms with Crippen LogP contribution in [0.4, 0.5) is 5.82 Å². The van der Waals surface area contributed by atoms with Gasteiger partial charge in [-0.1, -0.05) is 55.5 Å². The molecule has 2 aromatic heterocycles. The average Bonchev–Trinajstić information content (AvgIpc) is 3.45. The van der Waals surface area contributed by atoms with Gasteiger partial charge in [0.05, 0.1) is 24.8 Å². The fourth-order valence-corrected chi connectivity index (χ4v) is 4.24. The third-order valence-electron chi connectivity index (χ3n) is 6.23. The zero-order valence-corrected chi connectivity index (χ0v) is 20.3. The van der Waals surface area contributed by atoms with E-state index in [0.29, 0.717) is 36.2 Å². The molecule has 5 rings (SSSR count). The lowest BCUT2D eigenvalue weighted by atomic mass is 9.97. The van der Waals surface area contributed by atoms with Gasteiger partial charge in [0, 0.05) is 17.3 Å². The summed E-state index contributed by atoms with van der Waals surface area (Å²) in [4.78, 5) is 24.0. The number of aromatic nitrogens is 5. The highest BCUT2D eigenvalue weighted by Gasteiger charge is 2.30. The predicted molar refractivity (Wildman–Crippen MR) is 133 cm³/mol. The summed E-state index contributed by atoms with van der Waals surface area (Å²) in [5, 5.41) is 18.3. The zero-order valence-electron chi connectivity index (χ0n) is 20.3. The van der Waals surface area contributed by atoms with Gasteiger partial charge in [-0.05, 0) is 43.0 Å². The first-order valence-electron chi connectivity index (χ1n) is 11.7. The summed E-state index contributed by atoms with van der Waals surface area (Å²) >= 11 is 0. The first-order chi connectivity index (χ1) is 16.7. The average molecular weight is 469 g/mol. The van der Waals surface area contributed by atoms with Gasteiger partial charge in [0.2, 0.25) is 5.91 Å². The number of nitrogens with zero attached hydrogens (tertiary/aromatic N) is 6. The molecule has 0 saturated heterocycles. The van der Waals surface area contributed by atoms with Crippen LogP contribution in [0.3, 0.4) is 0 Å². The van der Waals surface area contributed by atoms with Crippen LogP contribution in [0.15, 0.2) is 60.9 Å². The summed E-state index contributed by atoms with van der Waals surface area (Å²) in [6.45, 7) is 8.06. The molecule has 178 valence electrons. The summed E-state index contributed by atoms with van der Waals surface area (Å²) in [7, 11) is 0. The lowest BCUT2D eigenvalue weighted by molar-refractivity contribution is -0.117. The number of amides is 1. The number of aliphatic hydroxyl groups is 1. The highest BCUT2D eigenvalue weighted by atomic mass is 16.3. The molecule has 1 N–H and O–H groups in total. The molecule has 0 spiro atoms. The van der Waals surface area contributed by atoms with Crippen molar-refractivity contribution in [3.8, 4) is 17.1 Å². The van der Waals surface area contributed by atoms with Gasteiger partial charge in [-0.2, -0.15) is 0 Å². The van der Waals surface area contributed by atoms with E-state index in [0.717, 1.165) is 22.4 Å². The van der Waals surface area contributed by atoms with Crippen LogP contribution < -0.4 is 4.90 Å². The fraction of sp³-hybridized carbons (Fsp3) is 0.296. The minimum absolute atomic E-state index is 0.0127. The van der Waals surface area contributed by atoms with Crippen molar-refractivity contribution in [2.75, 3.05) is 4.90 Å². The van der Waals surface area contributed by atoms with E-state index in [1.54, 1.807) is 35.8 Å². The van der Waals surface area contributed by atoms with E-state index >= 15 is 0 Å². The standard InChI is InChI=1S/C27H28N6O2/c1-17(2)21-7-5-6-8-22(21)25-28-14-19-13-24(34)32(26(19)29-25)15-18-9-11-20(12-10-18)33-16-23(30-31-33)27(3,4)35/h5-12,14,16-17,35H,13,15H2,1-4H3. The van der Waals surface area contributed by atoms with Crippen LogP contribution in [0.2, 0.25) is 0 Å². The van der Waals surface area contributed by atoms with E-state index in [1.165, 1.54) is 5.56 Å². The van der Waals surface area contributed by atoms with Gasteiger partial charge >= 0.3 is 0 Å². The van der Waals surface area contributed by atoms with Crippen LogP contribution in [0.1, 0.15) is 56.0 Å². The Morgan fingerprint density at radius 2 is 1.83 bits per heavy atom. The first-order valence-corrected chi connectivity index (χ1v) is 11.7. The summed E-state index contributed by atoms with van der Waals surface area (Å²) in [5.41, 5.74) is 4.25. The second-order valence-electron chi connectivity index (χ2n) is 9.71. The van der Waals surface area contributed by atoms with Crippen LogP contribution in [-0.2, 0) is 23.4 Å². The molecule has 35 heavy (non-hydrogen) atoms. The molecule has 4 aromatic rings. The molecule has 0 radical (unpaired) electrons. The first kappa shape index (κ1) is 22.9. The van der Waals surface area contributed by atoms with E-state index in [1.807, 2.05) is 42.5 Å². The molecule has 2 aromatic carbocycles. The Morgan fingerprint density at radius 1 is 1.09 bits per heavy atom. The molecule has 0 unspecified atom stereocenters. The number of hydrogen-bond acceptors (Lipinski definition) is 6. The molecule has 1 amide bonds. The second kappa shape index (κ2) is 8.70. The van der Waals surface area contributed by atoms with Crippen molar-refractivity contribution >= 4 is 11.7 Å². The van der Waals surface area contributed by atoms with Gasteiger partial charge in [-0.15, -0.1) is 5.10 Å². The molecule has 0 aliphatic carbocycles. The molecule has 3 heterocycles. The molecule has 1 aliphatic rings. The number of anilines is 1. The normalized spacial score (nSPS) is 13.5. The lowest BCUT2D eigenvalue weighted by Gasteiger charge is -2.18. The predicted octanol–water partition coefficient (Wildman–Crippen LogP) is 4.16. The zero-order chi connectivity index (χ0) is 24.7. The summed E-state index contributed by atoms with van der Waals surface area (Å²) in [5.74, 6) is 1.66. The van der Waals surface area contributed by atoms with Crippen molar-refractivity contribution < 1.29 is 9.90 Å². The Balaban J connectivity index is 1.40. The minimum Gasteiger partial charge on any atom is -0.384 e. The SMILES string of the molecule is CC(C)c1ccccc1-c1ncc2c(n1)N(Cc1ccc(-n3cc(C(C)(C)O)nn3)cc1)C(=O)C2. The Kier molecular flexibility index (Phi) is 5.68. The highest BCUT2D eigenvalue weighted by molar-refractivity contribution is 6.00. The highest BCUT2D eigenvalue weighted by Crippen LogP contribution is 2.32. The molecule has 1 aliphatic heterocycles. The van der Waals surface area contributed by atoms with Crippen molar-refractivity contribution in [1.82, 2.24) is 25.0 Å². The van der Waals surface area contributed by atoms with E-state index in [9.17, 15) is 9.90 Å². The third-order valence-corrected chi connectivity index (χ3v) is 6.23. The van der Waals surface area contributed by atoms with E-state index in [2.05, 4.69) is 35.2 Å². The van der Waals surface area contributed by atoms with E-state index in [-0.39, 0.29) is 5.91 Å². The van der Waals surface area contributed by atoms with Gasteiger partial charge in [0.15, 0.2) is 5.82 Å². The fourth-order valence-electron chi connectivity index (χ4n) is 4.24. The number of rotatable bonds is 6. The van der Waals surface area contributed by atoms with Crippen molar-refractivity contribution in [3.05, 3.63) is 83.3 Å². The van der Waals surface area contributed by atoms with Crippen LogP contribution >= 0.6 is 0 Å². The molecule has 8 heteroatoms. The quantitative estimate of drug-likeness (QED) is 0.456. The van der Waals surface area contributed by atoms with Crippen LogP contribution in [0, 0.1) is 0 Å². The van der Waals surface area contributed by atoms with Crippen LogP contribution in [0.25, 0.3) is 17.1 Å². The Labute approximate surface area is 204 Å². The smallest absolute Gasteiger partial charge is 0.233 e. The third kappa shape index (κ3) is 4.44.